The molecule has 2 rings (SSSR count). The normalized spacial score (nSPS) is 15.5. The van der Waals surface area contributed by atoms with Gasteiger partial charge in [-0.25, -0.2) is 4.79 Å². The van der Waals surface area contributed by atoms with Crippen LogP contribution in [0.4, 0.5) is 18.0 Å². The Kier molecular flexibility index (Phi) is 5.36. The quantitative estimate of drug-likeness (QED) is 0.920. The third kappa shape index (κ3) is 4.96. The van der Waals surface area contributed by atoms with Crippen LogP contribution in [-0.2, 0) is 11.3 Å². The van der Waals surface area contributed by atoms with E-state index in [2.05, 4.69) is 10.1 Å². The van der Waals surface area contributed by atoms with E-state index >= 15 is 0 Å². The summed E-state index contributed by atoms with van der Waals surface area (Å²) in [6.07, 6.45) is -5.27. The van der Waals surface area contributed by atoms with Crippen molar-refractivity contribution in [3.05, 3.63) is 28.8 Å². The van der Waals surface area contributed by atoms with E-state index in [1.165, 1.54) is 12.1 Å². The van der Waals surface area contributed by atoms with Gasteiger partial charge in [0.2, 0.25) is 0 Å². The van der Waals surface area contributed by atoms with E-state index < -0.39 is 18.2 Å². The second-order valence-corrected chi connectivity index (χ2v) is 5.01. The van der Waals surface area contributed by atoms with E-state index in [1.54, 1.807) is 4.90 Å². The molecule has 22 heavy (non-hydrogen) atoms. The van der Waals surface area contributed by atoms with Gasteiger partial charge in [-0.2, -0.15) is 0 Å². The summed E-state index contributed by atoms with van der Waals surface area (Å²) >= 11 is 5.72. The van der Waals surface area contributed by atoms with E-state index in [0.717, 1.165) is 6.07 Å². The van der Waals surface area contributed by atoms with Crippen LogP contribution in [-0.4, -0.2) is 43.5 Å². The van der Waals surface area contributed by atoms with Crippen molar-refractivity contribution in [1.82, 2.24) is 10.2 Å². The first kappa shape index (κ1) is 16.7. The SMILES string of the molecule is O=C(OCc1ccc(OC(F)(F)F)c(Cl)c1)N1CCNCC1. The van der Waals surface area contributed by atoms with Gasteiger partial charge in [-0.05, 0) is 17.7 Å². The van der Waals surface area contributed by atoms with Crippen LogP contribution in [0.15, 0.2) is 18.2 Å². The number of halogens is 4. The lowest BCUT2D eigenvalue weighted by Crippen LogP contribution is -2.46. The lowest BCUT2D eigenvalue weighted by atomic mass is 10.2. The molecule has 0 unspecified atom stereocenters. The molecule has 0 bridgehead atoms. The van der Waals surface area contributed by atoms with E-state index in [9.17, 15) is 18.0 Å². The van der Waals surface area contributed by atoms with Crippen LogP contribution in [0.5, 0.6) is 5.75 Å². The van der Waals surface area contributed by atoms with Crippen LogP contribution in [0.25, 0.3) is 0 Å². The highest BCUT2D eigenvalue weighted by molar-refractivity contribution is 6.32. The maximum Gasteiger partial charge on any atom is 0.573 e. The van der Waals surface area contributed by atoms with E-state index in [-0.39, 0.29) is 11.6 Å². The van der Waals surface area contributed by atoms with Gasteiger partial charge in [-0.15, -0.1) is 13.2 Å². The smallest absolute Gasteiger partial charge is 0.445 e. The Balaban J connectivity index is 1.90. The highest BCUT2D eigenvalue weighted by Gasteiger charge is 2.32. The van der Waals surface area contributed by atoms with Gasteiger partial charge in [0.1, 0.15) is 12.4 Å². The average molecular weight is 339 g/mol. The molecule has 0 saturated carbocycles. The molecule has 1 aromatic rings. The summed E-state index contributed by atoms with van der Waals surface area (Å²) in [6.45, 7) is 2.43. The fraction of sp³-hybridized carbons (Fsp3) is 0.462. The summed E-state index contributed by atoms with van der Waals surface area (Å²) < 4.78 is 45.2. The maximum absolute atomic E-state index is 12.1. The van der Waals surface area contributed by atoms with Gasteiger partial charge < -0.3 is 19.7 Å². The molecule has 1 aromatic carbocycles. The molecule has 1 heterocycles. The predicted octanol–water partition coefficient (Wildman–Crippen LogP) is 2.78. The Labute approximate surface area is 129 Å². The number of ether oxygens (including phenoxy) is 2. The van der Waals surface area contributed by atoms with Gasteiger partial charge in [0.05, 0.1) is 5.02 Å². The topological polar surface area (TPSA) is 50.8 Å². The molecule has 1 N–H and O–H groups in total. The van der Waals surface area contributed by atoms with Crippen LogP contribution >= 0.6 is 11.6 Å². The number of carbonyl (C=O) groups excluding carboxylic acids is 1. The summed E-state index contributed by atoms with van der Waals surface area (Å²) in [5.74, 6) is -0.494. The molecule has 0 radical (unpaired) electrons. The highest BCUT2D eigenvalue weighted by Crippen LogP contribution is 2.30. The molecule has 0 spiro atoms. The Morgan fingerprint density at radius 3 is 2.59 bits per heavy atom. The average Bonchev–Trinajstić information content (AvgIpc) is 2.47. The number of hydrogen-bond donors (Lipinski definition) is 1. The molecule has 1 aliphatic rings. The minimum absolute atomic E-state index is 0.0746. The van der Waals surface area contributed by atoms with E-state index in [4.69, 9.17) is 16.3 Å². The van der Waals surface area contributed by atoms with Crippen molar-refractivity contribution in [3.8, 4) is 5.75 Å². The largest absolute Gasteiger partial charge is 0.573 e. The number of carbonyl (C=O) groups is 1. The van der Waals surface area contributed by atoms with Crippen molar-refractivity contribution in [3.63, 3.8) is 0 Å². The molecule has 1 fully saturated rings. The highest BCUT2D eigenvalue weighted by atomic mass is 35.5. The van der Waals surface area contributed by atoms with Crippen LogP contribution in [0.1, 0.15) is 5.56 Å². The molecule has 1 amide bonds. The summed E-state index contributed by atoms with van der Waals surface area (Å²) in [4.78, 5) is 13.3. The number of benzene rings is 1. The summed E-state index contributed by atoms with van der Waals surface area (Å²) in [7, 11) is 0. The summed E-state index contributed by atoms with van der Waals surface area (Å²) in [5, 5.41) is 2.90. The van der Waals surface area contributed by atoms with Crippen LogP contribution in [0.3, 0.4) is 0 Å². The second-order valence-electron chi connectivity index (χ2n) is 4.60. The molecule has 0 aromatic heterocycles. The fourth-order valence-corrected chi connectivity index (χ4v) is 2.17. The first-order valence-corrected chi connectivity index (χ1v) is 6.89. The number of nitrogens with one attached hydrogen (secondary N) is 1. The number of hydrogen-bond acceptors (Lipinski definition) is 4. The van der Waals surface area contributed by atoms with Gasteiger partial charge >= 0.3 is 12.5 Å². The third-order valence-electron chi connectivity index (χ3n) is 2.96. The van der Waals surface area contributed by atoms with Gasteiger partial charge in [0.25, 0.3) is 0 Å². The van der Waals surface area contributed by atoms with Gasteiger partial charge in [0.15, 0.2) is 0 Å². The number of nitrogens with zero attached hydrogens (tertiary/aromatic N) is 1. The standard InChI is InChI=1S/C13H14ClF3N2O3/c14-10-7-9(1-2-11(10)22-13(15,16)17)8-21-12(20)19-5-3-18-4-6-19/h1-2,7,18H,3-6,8H2. The van der Waals surface area contributed by atoms with Crippen molar-refractivity contribution < 1.29 is 27.4 Å². The zero-order chi connectivity index (χ0) is 16.2. The van der Waals surface area contributed by atoms with E-state index in [0.29, 0.717) is 31.7 Å². The van der Waals surface area contributed by atoms with Crippen molar-refractivity contribution >= 4 is 17.7 Å². The molecule has 5 nitrogen and oxygen atoms in total. The molecule has 0 atom stereocenters. The Hall–Kier alpha value is -1.67. The third-order valence-corrected chi connectivity index (χ3v) is 3.25. The maximum atomic E-state index is 12.1. The second kappa shape index (κ2) is 7.06. The van der Waals surface area contributed by atoms with Crippen LogP contribution in [0, 0.1) is 0 Å². The van der Waals surface area contributed by atoms with Crippen molar-refractivity contribution in [2.45, 2.75) is 13.0 Å². The monoisotopic (exact) mass is 338 g/mol. The number of rotatable bonds is 3. The molecular weight excluding hydrogens is 325 g/mol. The number of piperazine rings is 1. The van der Waals surface area contributed by atoms with Gasteiger partial charge in [-0.1, -0.05) is 17.7 Å². The van der Waals surface area contributed by atoms with E-state index in [1.807, 2.05) is 0 Å². The van der Waals surface area contributed by atoms with Crippen LogP contribution in [0.2, 0.25) is 5.02 Å². The molecule has 1 saturated heterocycles. The number of alkyl halides is 3. The summed E-state index contributed by atoms with van der Waals surface area (Å²) in [6, 6.07) is 3.72. The number of amides is 1. The van der Waals surface area contributed by atoms with Gasteiger partial charge in [-0.3, -0.25) is 0 Å². The minimum Gasteiger partial charge on any atom is -0.445 e. The van der Waals surface area contributed by atoms with Crippen LogP contribution < -0.4 is 10.1 Å². The van der Waals surface area contributed by atoms with Gasteiger partial charge in [0, 0.05) is 26.2 Å². The van der Waals surface area contributed by atoms with Crippen molar-refractivity contribution in [2.75, 3.05) is 26.2 Å². The van der Waals surface area contributed by atoms with Crippen molar-refractivity contribution in [2.24, 2.45) is 0 Å². The lowest BCUT2D eigenvalue weighted by Gasteiger charge is -2.26. The molecule has 0 aliphatic carbocycles. The Morgan fingerprint density at radius 2 is 2.00 bits per heavy atom. The molecule has 122 valence electrons. The zero-order valence-corrected chi connectivity index (χ0v) is 12.2. The minimum atomic E-state index is -4.81. The first-order valence-electron chi connectivity index (χ1n) is 6.52. The fourth-order valence-electron chi connectivity index (χ4n) is 1.93. The predicted molar refractivity (Wildman–Crippen MR) is 72.8 cm³/mol. The zero-order valence-electron chi connectivity index (χ0n) is 11.5. The molecule has 1 aliphatic heterocycles. The first-order chi connectivity index (χ1) is 10.3. The lowest BCUT2D eigenvalue weighted by molar-refractivity contribution is -0.274. The van der Waals surface area contributed by atoms with Crippen molar-refractivity contribution in [1.29, 1.82) is 0 Å². The molecular formula is C13H14ClF3N2O3. The molecule has 9 heteroatoms. The summed E-state index contributed by atoms with van der Waals surface area (Å²) in [5.41, 5.74) is 0.475. The Bertz CT molecular complexity index is 534. The Morgan fingerprint density at radius 1 is 1.32 bits per heavy atom.